The Hall–Kier alpha value is -3.00. The van der Waals surface area contributed by atoms with E-state index in [2.05, 4.69) is 5.32 Å². The third-order valence-electron chi connectivity index (χ3n) is 5.79. The molecule has 0 saturated carbocycles. The maximum Gasteiger partial charge on any atom is 0.255 e. The molecule has 156 valence electrons. The van der Waals surface area contributed by atoms with Crippen LogP contribution in [0.2, 0.25) is 0 Å². The van der Waals surface area contributed by atoms with E-state index in [-0.39, 0.29) is 35.4 Å². The highest BCUT2D eigenvalue weighted by Crippen LogP contribution is 2.29. The number of hydrogen-bond donors (Lipinski definition) is 1. The van der Waals surface area contributed by atoms with Gasteiger partial charge in [0, 0.05) is 18.5 Å². The lowest BCUT2D eigenvalue weighted by Gasteiger charge is -2.29. The van der Waals surface area contributed by atoms with Crippen molar-refractivity contribution in [3.8, 4) is 0 Å². The van der Waals surface area contributed by atoms with E-state index in [4.69, 9.17) is 0 Å². The van der Waals surface area contributed by atoms with Crippen LogP contribution in [0.3, 0.4) is 0 Å². The van der Waals surface area contributed by atoms with Crippen LogP contribution < -0.4 is 5.32 Å². The molecule has 2 aliphatic heterocycles. The maximum atomic E-state index is 12.9. The number of nitrogens with zero attached hydrogens (tertiary/aromatic N) is 1. The number of benzene rings is 2. The summed E-state index contributed by atoms with van der Waals surface area (Å²) in [4.78, 5) is 38.1. The molecule has 0 aromatic heterocycles. The zero-order chi connectivity index (χ0) is 21.6. The number of aryl methyl sites for hydroxylation is 2. The molecule has 1 fully saturated rings. The van der Waals surface area contributed by atoms with Crippen molar-refractivity contribution in [1.82, 2.24) is 10.2 Å². The average molecular weight is 426 g/mol. The molecule has 0 aliphatic carbocycles. The van der Waals surface area contributed by atoms with E-state index in [1.165, 1.54) is 4.90 Å². The summed E-state index contributed by atoms with van der Waals surface area (Å²) in [7, 11) is -3.56. The molecule has 2 aliphatic rings. The van der Waals surface area contributed by atoms with Gasteiger partial charge in [-0.2, -0.15) is 0 Å². The van der Waals surface area contributed by atoms with Gasteiger partial charge in [-0.05, 0) is 60.7 Å². The first-order chi connectivity index (χ1) is 14.2. The standard InChI is InChI=1S/C22H22N2O5S/c1-13-3-6-17(9-14(13)2)30(28,29)12-15-4-5-16-11-24(22(27)18(16)10-15)19-7-8-20(25)23-21(19)26/h3-6,9-10,19H,7-8,11-12H2,1-2H3,(H,23,25,26). The van der Waals surface area contributed by atoms with E-state index in [1.807, 2.05) is 13.8 Å². The van der Waals surface area contributed by atoms with Gasteiger partial charge in [0.25, 0.3) is 5.91 Å². The van der Waals surface area contributed by atoms with Gasteiger partial charge < -0.3 is 4.90 Å². The van der Waals surface area contributed by atoms with Gasteiger partial charge in [-0.1, -0.05) is 18.2 Å². The second kappa shape index (κ2) is 7.36. The van der Waals surface area contributed by atoms with Crippen LogP contribution in [0.5, 0.6) is 0 Å². The van der Waals surface area contributed by atoms with Gasteiger partial charge in [-0.3, -0.25) is 19.7 Å². The van der Waals surface area contributed by atoms with Crippen LogP contribution >= 0.6 is 0 Å². The zero-order valence-corrected chi connectivity index (χ0v) is 17.6. The van der Waals surface area contributed by atoms with Crippen molar-refractivity contribution in [3.05, 3.63) is 64.2 Å². The normalized spacial score (nSPS) is 19.1. The Morgan fingerprint density at radius 1 is 1.03 bits per heavy atom. The van der Waals surface area contributed by atoms with Gasteiger partial charge in [0.15, 0.2) is 9.84 Å². The minimum atomic E-state index is -3.56. The Balaban J connectivity index is 1.57. The third-order valence-corrected chi connectivity index (χ3v) is 7.47. The number of hydrogen-bond acceptors (Lipinski definition) is 5. The van der Waals surface area contributed by atoms with Crippen molar-refractivity contribution in [3.63, 3.8) is 0 Å². The summed E-state index contributed by atoms with van der Waals surface area (Å²) < 4.78 is 25.7. The van der Waals surface area contributed by atoms with Crippen molar-refractivity contribution in [2.24, 2.45) is 0 Å². The molecule has 0 radical (unpaired) electrons. The van der Waals surface area contributed by atoms with Crippen LogP contribution in [0, 0.1) is 13.8 Å². The average Bonchev–Trinajstić information content (AvgIpc) is 3.00. The molecule has 1 N–H and O–H groups in total. The summed E-state index contributed by atoms with van der Waals surface area (Å²) in [6, 6.07) is 9.40. The Morgan fingerprint density at radius 3 is 2.50 bits per heavy atom. The lowest BCUT2D eigenvalue weighted by molar-refractivity contribution is -0.136. The quantitative estimate of drug-likeness (QED) is 0.754. The number of amides is 3. The van der Waals surface area contributed by atoms with Gasteiger partial charge in [0.2, 0.25) is 11.8 Å². The minimum Gasteiger partial charge on any atom is -0.322 e. The molecule has 2 heterocycles. The van der Waals surface area contributed by atoms with E-state index in [9.17, 15) is 22.8 Å². The van der Waals surface area contributed by atoms with E-state index in [1.54, 1.807) is 36.4 Å². The number of carbonyl (C=O) groups excluding carboxylic acids is 3. The summed E-state index contributed by atoms with van der Waals surface area (Å²) >= 11 is 0. The van der Waals surface area contributed by atoms with E-state index >= 15 is 0 Å². The molecule has 2 aromatic rings. The molecule has 1 saturated heterocycles. The molecule has 7 nitrogen and oxygen atoms in total. The predicted molar refractivity (Wildman–Crippen MR) is 109 cm³/mol. The van der Waals surface area contributed by atoms with E-state index < -0.39 is 21.8 Å². The molecule has 1 unspecified atom stereocenters. The zero-order valence-electron chi connectivity index (χ0n) is 16.8. The number of imide groups is 1. The van der Waals surface area contributed by atoms with Gasteiger partial charge in [0.05, 0.1) is 10.6 Å². The fraction of sp³-hybridized carbons (Fsp3) is 0.318. The first-order valence-electron chi connectivity index (χ1n) is 9.72. The van der Waals surface area contributed by atoms with Crippen molar-refractivity contribution in [2.45, 2.75) is 49.9 Å². The van der Waals surface area contributed by atoms with Crippen LogP contribution in [-0.2, 0) is 31.7 Å². The van der Waals surface area contributed by atoms with Gasteiger partial charge in [0.1, 0.15) is 6.04 Å². The molecular formula is C22H22N2O5S. The summed E-state index contributed by atoms with van der Waals surface area (Å²) in [6.07, 6.45) is 0.481. The maximum absolute atomic E-state index is 12.9. The van der Waals surface area contributed by atoms with Gasteiger partial charge in [-0.15, -0.1) is 0 Å². The molecule has 2 aromatic carbocycles. The Bertz CT molecular complexity index is 1190. The smallest absolute Gasteiger partial charge is 0.255 e. The van der Waals surface area contributed by atoms with Crippen molar-refractivity contribution >= 4 is 27.6 Å². The van der Waals surface area contributed by atoms with E-state index in [0.717, 1.165) is 16.7 Å². The Labute approximate surface area is 175 Å². The highest BCUT2D eigenvalue weighted by atomic mass is 32.2. The molecule has 30 heavy (non-hydrogen) atoms. The largest absolute Gasteiger partial charge is 0.322 e. The number of nitrogens with one attached hydrogen (secondary N) is 1. The summed E-state index contributed by atoms with van der Waals surface area (Å²) in [5, 5.41) is 2.27. The summed E-state index contributed by atoms with van der Waals surface area (Å²) in [6.45, 7) is 4.06. The molecule has 4 rings (SSSR count). The number of rotatable bonds is 4. The van der Waals surface area contributed by atoms with Crippen molar-refractivity contribution in [2.75, 3.05) is 0 Å². The highest BCUT2D eigenvalue weighted by molar-refractivity contribution is 7.90. The number of fused-ring (bicyclic) bond motifs is 1. The summed E-state index contributed by atoms with van der Waals surface area (Å²) in [5.74, 6) is -1.33. The van der Waals surface area contributed by atoms with Crippen LogP contribution in [0.1, 0.15) is 45.5 Å². The van der Waals surface area contributed by atoms with Gasteiger partial charge in [-0.25, -0.2) is 8.42 Å². The first kappa shape index (κ1) is 20.3. The van der Waals surface area contributed by atoms with Crippen LogP contribution in [0.4, 0.5) is 0 Å². The molecule has 1 atom stereocenters. The van der Waals surface area contributed by atoms with Crippen molar-refractivity contribution in [1.29, 1.82) is 0 Å². The van der Waals surface area contributed by atoms with E-state index in [0.29, 0.717) is 17.5 Å². The lowest BCUT2D eigenvalue weighted by Crippen LogP contribution is -2.52. The fourth-order valence-corrected chi connectivity index (χ4v) is 5.32. The SMILES string of the molecule is Cc1ccc(S(=O)(=O)Cc2ccc3c(c2)C(=O)N(C2CCC(=O)NC2=O)C3)cc1C. The highest BCUT2D eigenvalue weighted by Gasteiger charge is 2.39. The molecule has 8 heteroatoms. The second-order valence-electron chi connectivity index (χ2n) is 7.90. The minimum absolute atomic E-state index is 0.190. The second-order valence-corrected chi connectivity index (χ2v) is 9.89. The predicted octanol–water partition coefficient (Wildman–Crippen LogP) is 2.04. The summed E-state index contributed by atoms with van der Waals surface area (Å²) in [5.41, 5.74) is 3.60. The van der Waals surface area contributed by atoms with Gasteiger partial charge >= 0.3 is 0 Å². The first-order valence-corrected chi connectivity index (χ1v) is 11.4. The molecule has 0 spiro atoms. The topological polar surface area (TPSA) is 101 Å². The molecular weight excluding hydrogens is 404 g/mol. The number of sulfone groups is 1. The molecule has 0 bridgehead atoms. The van der Waals surface area contributed by atoms with Crippen LogP contribution in [-0.4, -0.2) is 37.1 Å². The van der Waals surface area contributed by atoms with Crippen LogP contribution in [0.15, 0.2) is 41.3 Å². The molecule has 3 amide bonds. The number of carbonyl (C=O) groups is 3. The monoisotopic (exact) mass is 426 g/mol. The Morgan fingerprint density at radius 2 is 1.80 bits per heavy atom. The number of piperidine rings is 1. The lowest BCUT2D eigenvalue weighted by atomic mass is 10.0. The fourth-order valence-electron chi connectivity index (χ4n) is 3.90. The Kier molecular flexibility index (Phi) is 4.97. The van der Waals surface area contributed by atoms with Crippen molar-refractivity contribution < 1.29 is 22.8 Å². The third kappa shape index (κ3) is 3.63. The van der Waals surface area contributed by atoms with Crippen LogP contribution in [0.25, 0.3) is 0 Å².